The zero-order valence-electron chi connectivity index (χ0n) is 15.4. The highest BCUT2D eigenvalue weighted by Gasteiger charge is 2.25. The van der Waals surface area contributed by atoms with E-state index in [2.05, 4.69) is 25.6 Å². The second-order valence-corrected chi connectivity index (χ2v) is 7.42. The molecule has 1 aliphatic heterocycles. The molecule has 2 radical (unpaired) electrons. The lowest BCUT2D eigenvalue weighted by molar-refractivity contribution is -0.0112. The summed E-state index contributed by atoms with van der Waals surface area (Å²) in [6.07, 6.45) is 4.74. The van der Waals surface area contributed by atoms with Gasteiger partial charge in [-0.2, -0.15) is 0 Å². The molecule has 136 valence electrons. The lowest BCUT2D eigenvalue weighted by Crippen LogP contribution is -2.32. The van der Waals surface area contributed by atoms with Gasteiger partial charge in [-0.15, -0.1) is 0 Å². The lowest BCUT2D eigenvalue weighted by atomic mass is 9.86. The summed E-state index contributed by atoms with van der Waals surface area (Å²) in [7, 11) is 0. The van der Waals surface area contributed by atoms with Crippen molar-refractivity contribution in [3.05, 3.63) is 70.6 Å². The average molecular weight is 370 g/mol. The molecule has 2 aromatic carbocycles. The van der Waals surface area contributed by atoms with Crippen LogP contribution in [0.3, 0.4) is 0 Å². The lowest BCUT2D eigenvalue weighted by Gasteiger charge is -2.31. The van der Waals surface area contributed by atoms with Crippen LogP contribution in [0.1, 0.15) is 35.3 Å². The van der Waals surface area contributed by atoms with Crippen LogP contribution in [0.15, 0.2) is 42.5 Å². The first-order valence-corrected chi connectivity index (χ1v) is 9.34. The first kappa shape index (κ1) is 18.9. The summed E-state index contributed by atoms with van der Waals surface area (Å²) in [5, 5.41) is 3.51. The Morgan fingerprint density at radius 2 is 1.96 bits per heavy atom. The zero-order chi connectivity index (χ0) is 18.7. The molecule has 1 fully saturated rings. The summed E-state index contributed by atoms with van der Waals surface area (Å²) >= 11 is 6.10. The van der Waals surface area contributed by atoms with Gasteiger partial charge in [0.15, 0.2) is 0 Å². The summed E-state index contributed by atoms with van der Waals surface area (Å²) in [5.41, 5.74) is 3.49. The van der Waals surface area contributed by atoms with Gasteiger partial charge in [0, 0.05) is 16.3 Å². The van der Waals surface area contributed by atoms with Crippen LogP contribution in [-0.4, -0.2) is 18.6 Å². The van der Waals surface area contributed by atoms with Gasteiger partial charge in [-0.05, 0) is 73.9 Å². The van der Waals surface area contributed by atoms with Gasteiger partial charge < -0.3 is 10.1 Å². The number of carbonyl (C=O) groups is 1. The van der Waals surface area contributed by atoms with Gasteiger partial charge in [0.25, 0.3) is 5.91 Å². The number of anilines is 1. The van der Waals surface area contributed by atoms with Crippen LogP contribution in [0.4, 0.5) is 5.69 Å². The van der Waals surface area contributed by atoms with Crippen molar-refractivity contribution >= 4 is 23.2 Å². The van der Waals surface area contributed by atoms with Crippen LogP contribution < -0.4 is 5.32 Å². The molecule has 0 saturated carbocycles. The zero-order valence-corrected chi connectivity index (χ0v) is 16.1. The van der Waals surface area contributed by atoms with Crippen LogP contribution in [0, 0.1) is 25.2 Å². The molecular weight excluding hydrogens is 346 g/mol. The molecule has 3 nitrogen and oxygen atoms in total. The van der Waals surface area contributed by atoms with E-state index in [-0.39, 0.29) is 12.0 Å². The maximum atomic E-state index is 12.3. The van der Waals surface area contributed by atoms with Crippen LogP contribution in [0.25, 0.3) is 0 Å². The molecule has 4 heteroatoms. The van der Waals surface area contributed by atoms with Crippen molar-refractivity contribution in [1.82, 2.24) is 0 Å². The third-order valence-corrected chi connectivity index (χ3v) is 5.30. The van der Waals surface area contributed by atoms with E-state index >= 15 is 0 Å². The Hall–Kier alpha value is -1.84. The third kappa shape index (κ3) is 4.66. The Balaban J connectivity index is 1.59. The van der Waals surface area contributed by atoms with Crippen molar-refractivity contribution in [3.8, 4) is 0 Å². The SMILES string of the molecule is Cc1ccc(C(=O)Nc2ccc(CC3[C]C(C)C(C)OC3)cc2)cc1Cl. The van der Waals surface area contributed by atoms with Gasteiger partial charge in [0.2, 0.25) is 0 Å². The highest BCUT2D eigenvalue weighted by molar-refractivity contribution is 6.31. The molecule has 1 heterocycles. The monoisotopic (exact) mass is 369 g/mol. The first-order valence-electron chi connectivity index (χ1n) is 8.96. The second kappa shape index (κ2) is 8.24. The minimum atomic E-state index is -0.162. The fraction of sp³-hybridized carbons (Fsp3) is 0.364. The Kier molecular flexibility index (Phi) is 6.00. The number of ether oxygens (including phenoxy) is 1. The molecule has 3 atom stereocenters. The highest BCUT2D eigenvalue weighted by atomic mass is 35.5. The number of hydrogen-bond donors (Lipinski definition) is 1. The maximum absolute atomic E-state index is 12.3. The van der Waals surface area contributed by atoms with Crippen LogP contribution >= 0.6 is 11.6 Å². The molecule has 3 unspecified atom stereocenters. The summed E-state index contributed by atoms with van der Waals surface area (Å²) in [6, 6.07) is 13.3. The van der Waals surface area contributed by atoms with Crippen LogP contribution in [0.2, 0.25) is 5.02 Å². The summed E-state index contributed by atoms with van der Waals surface area (Å²) in [5.74, 6) is 0.509. The normalized spacial score (nSPS) is 22.8. The molecule has 1 amide bonds. The van der Waals surface area contributed by atoms with Crippen molar-refractivity contribution in [2.24, 2.45) is 11.8 Å². The van der Waals surface area contributed by atoms with Crippen molar-refractivity contribution < 1.29 is 9.53 Å². The Morgan fingerprint density at radius 3 is 2.62 bits per heavy atom. The van der Waals surface area contributed by atoms with Crippen LogP contribution in [-0.2, 0) is 11.2 Å². The van der Waals surface area contributed by atoms with E-state index in [1.165, 1.54) is 5.56 Å². The number of amides is 1. The van der Waals surface area contributed by atoms with Gasteiger partial charge in [0.05, 0.1) is 12.7 Å². The van der Waals surface area contributed by atoms with Crippen molar-refractivity contribution in [2.45, 2.75) is 33.3 Å². The van der Waals surface area contributed by atoms with E-state index in [0.717, 1.165) is 24.3 Å². The van der Waals surface area contributed by atoms with Gasteiger partial charge >= 0.3 is 0 Å². The number of hydrogen-bond acceptors (Lipinski definition) is 2. The predicted octanol–water partition coefficient (Wildman–Crippen LogP) is 5.20. The van der Waals surface area contributed by atoms with E-state index in [9.17, 15) is 4.79 Å². The molecule has 2 aromatic rings. The summed E-state index contributed by atoms with van der Waals surface area (Å²) in [6.45, 7) is 6.87. The minimum Gasteiger partial charge on any atom is -0.378 e. The van der Waals surface area contributed by atoms with Gasteiger partial charge in [-0.25, -0.2) is 0 Å². The smallest absolute Gasteiger partial charge is 0.255 e. The molecule has 3 rings (SSSR count). The van der Waals surface area contributed by atoms with Crippen molar-refractivity contribution in [3.63, 3.8) is 0 Å². The fourth-order valence-electron chi connectivity index (χ4n) is 3.03. The van der Waals surface area contributed by atoms with Gasteiger partial charge in [-0.1, -0.05) is 36.7 Å². The van der Waals surface area contributed by atoms with Crippen LogP contribution in [0.5, 0.6) is 0 Å². The standard InChI is InChI=1S/C22H24ClNO2/c1-14-4-7-19(12-21(14)23)22(25)24-20-8-5-17(6-9-20)11-18-10-15(2)16(3)26-13-18/h4-9,12,15-16,18H,11,13H2,1-3H3,(H,24,25). The third-order valence-electron chi connectivity index (χ3n) is 4.89. The van der Waals surface area contributed by atoms with E-state index in [4.69, 9.17) is 16.3 Å². The number of halogens is 1. The molecule has 1 saturated heterocycles. The average Bonchev–Trinajstić information content (AvgIpc) is 2.62. The van der Waals surface area contributed by atoms with E-state index in [0.29, 0.717) is 22.4 Å². The number of benzene rings is 2. The number of carbonyl (C=O) groups excluding carboxylic acids is 1. The minimum absolute atomic E-state index is 0.162. The van der Waals surface area contributed by atoms with Gasteiger partial charge in [0.1, 0.15) is 0 Å². The van der Waals surface area contributed by atoms with E-state index in [1.807, 2.05) is 37.3 Å². The molecule has 1 aliphatic rings. The molecule has 26 heavy (non-hydrogen) atoms. The number of aryl methyl sites for hydroxylation is 1. The molecular formula is C22H24ClNO2. The van der Waals surface area contributed by atoms with E-state index < -0.39 is 0 Å². The molecule has 0 bridgehead atoms. The Bertz CT molecular complexity index is 772. The topological polar surface area (TPSA) is 38.3 Å². The fourth-order valence-corrected chi connectivity index (χ4v) is 3.21. The number of rotatable bonds is 4. The quantitative estimate of drug-likeness (QED) is 0.804. The second-order valence-electron chi connectivity index (χ2n) is 7.01. The molecule has 1 N–H and O–H groups in total. The van der Waals surface area contributed by atoms with Crippen molar-refractivity contribution in [1.29, 1.82) is 0 Å². The Morgan fingerprint density at radius 1 is 1.23 bits per heavy atom. The molecule has 0 aromatic heterocycles. The highest BCUT2D eigenvalue weighted by Crippen LogP contribution is 2.26. The summed E-state index contributed by atoms with van der Waals surface area (Å²) < 4.78 is 5.79. The largest absolute Gasteiger partial charge is 0.378 e. The van der Waals surface area contributed by atoms with E-state index in [1.54, 1.807) is 12.1 Å². The molecule has 0 spiro atoms. The predicted molar refractivity (Wildman–Crippen MR) is 106 cm³/mol. The first-order chi connectivity index (χ1) is 12.4. The number of nitrogens with one attached hydrogen (secondary N) is 1. The molecule has 0 aliphatic carbocycles. The maximum Gasteiger partial charge on any atom is 0.255 e. The Labute approximate surface area is 160 Å². The van der Waals surface area contributed by atoms with Gasteiger partial charge in [-0.3, -0.25) is 4.79 Å². The summed E-state index contributed by atoms with van der Waals surface area (Å²) in [4.78, 5) is 12.3. The van der Waals surface area contributed by atoms with Crippen molar-refractivity contribution in [2.75, 3.05) is 11.9 Å².